The lowest BCUT2D eigenvalue weighted by Gasteiger charge is -2.38. The fraction of sp³-hybridized carbons (Fsp3) is 0.694. The summed E-state index contributed by atoms with van der Waals surface area (Å²) in [6.45, 7) is 17.8. The molecular formula is C36H54ClN5O3. The third kappa shape index (κ3) is 11.5. The van der Waals surface area contributed by atoms with Gasteiger partial charge in [0.2, 0.25) is 0 Å². The Morgan fingerprint density at radius 2 is 1.67 bits per heavy atom. The maximum atomic E-state index is 9.81. The average molecular weight is 640 g/mol. The highest BCUT2D eigenvalue weighted by Crippen LogP contribution is 2.33. The number of halogens is 1. The summed E-state index contributed by atoms with van der Waals surface area (Å²) in [4.78, 5) is 12.2. The Hall–Kier alpha value is -2.28. The Balaban J connectivity index is 1.35. The molecule has 8 nitrogen and oxygen atoms in total. The van der Waals surface area contributed by atoms with Crippen LogP contribution in [-0.2, 0) is 20.6 Å². The summed E-state index contributed by atoms with van der Waals surface area (Å²) in [6, 6.07) is 11.1. The summed E-state index contributed by atoms with van der Waals surface area (Å²) in [5.74, 6) is 1.33. The zero-order valence-corrected chi connectivity index (χ0v) is 29.1. The lowest BCUT2D eigenvalue weighted by atomic mass is 9.82. The molecule has 1 saturated carbocycles. The summed E-state index contributed by atoms with van der Waals surface area (Å²) in [5, 5.41) is 13.8. The summed E-state index contributed by atoms with van der Waals surface area (Å²) in [7, 11) is 0. The van der Waals surface area contributed by atoms with Crippen LogP contribution in [0.4, 0.5) is 5.82 Å². The highest BCUT2D eigenvalue weighted by Gasteiger charge is 2.33. The maximum absolute atomic E-state index is 9.81. The van der Waals surface area contributed by atoms with E-state index in [1.807, 2.05) is 18.2 Å². The normalized spacial score (nSPS) is 20.6. The van der Waals surface area contributed by atoms with Crippen LogP contribution in [0.2, 0.25) is 5.02 Å². The molecule has 0 unspecified atom stereocenters. The second-order valence-electron chi connectivity index (χ2n) is 14.8. The monoisotopic (exact) mass is 639 g/mol. The van der Waals surface area contributed by atoms with Crippen molar-refractivity contribution in [2.24, 2.45) is 11.3 Å². The van der Waals surface area contributed by atoms with Gasteiger partial charge >= 0.3 is 0 Å². The lowest BCUT2D eigenvalue weighted by Crippen LogP contribution is -2.43. The van der Waals surface area contributed by atoms with Crippen molar-refractivity contribution in [1.29, 1.82) is 5.26 Å². The topological polar surface area (TPSA) is 92.5 Å². The molecule has 1 aliphatic carbocycles. The van der Waals surface area contributed by atoms with Crippen molar-refractivity contribution in [1.82, 2.24) is 14.9 Å². The summed E-state index contributed by atoms with van der Waals surface area (Å²) >= 11 is 6.66. The Labute approximate surface area is 276 Å². The van der Waals surface area contributed by atoms with E-state index in [1.54, 1.807) is 6.20 Å². The van der Waals surface area contributed by atoms with E-state index in [9.17, 15) is 5.26 Å². The van der Waals surface area contributed by atoms with Crippen LogP contribution in [0.15, 0.2) is 30.5 Å². The predicted molar refractivity (Wildman–Crippen MR) is 181 cm³/mol. The van der Waals surface area contributed by atoms with Crippen LogP contribution in [0.5, 0.6) is 0 Å². The number of nitrogens with one attached hydrogen (secondary N) is 1. The second-order valence-corrected chi connectivity index (χ2v) is 15.2. The third-order valence-electron chi connectivity index (χ3n) is 8.89. The van der Waals surface area contributed by atoms with Gasteiger partial charge in [-0.1, -0.05) is 17.7 Å². The van der Waals surface area contributed by atoms with Crippen LogP contribution < -0.4 is 5.32 Å². The summed E-state index contributed by atoms with van der Waals surface area (Å²) in [5.41, 5.74) is 2.07. The fourth-order valence-electron chi connectivity index (χ4n) is 6.25. The van der Waals surface area contributed by atoms with E-state index >= 15 is 0 Å². The van der Waals surface area contributed by atoms with E-state index in [2.05, 4.69) is 63.9 Å². The molecule has 45 heavy (non-hydrogen) atoms. The zero-order valence-electron chi connectivity index (χ0n) is 28.3. The van der Waals surface area contributed by atoms with Gasteiger partial charge in [-0.3, -0.25) is 9.88 Å². The molecule has 0 radical (unpaired) electrons. The molecule has 0 spiro atoms. The Morgan fingerprint density at radius 1 is 1.02 bits per heavy atom. The van der Waals surface area contributed by atoms with Gasteiger partial charge in [0, 0.05) is 56.3 Å². The Bertz CT molecular complexity index is 1230. The third-order valence-corrected chi connectivity index (χ3v) is 9.19. The van der Waals surface area contributed by atoms with Gasteiger partial charge in [-0.15, -0.1) is 0 Å². The van der Waals surface area contributed by atoms with Gasteiger partial charge in [0.05, 0.1) is 46.6 Å². The van der Waals surface area contributed by atoms with E-state index in [4.69, 9.17) is 35.8 Å². The van der Waals surface area contributed by atoms with Crippen LogP contribution in [0.1, 0.15) is 85.8 Å². The van der Waals surface area contributed by atoms with E-state index < -0.39 is 5.41 Å². The average Bonchev–Trinajstić information content (AvgIpc) is 3.00. The molecule has 3 heterocycles. The molecule has 2 aliphatic rings. The summed E-state index contributed by atoms with van der Waals surface area (Å²) < 4.78 is 17.6. The molecule has 0 bridgehead atoms. The van der Waals surface area contributed by atoms with Crippen LogP contribution in [0.3, 0.4) is 0 Å². The van der Waals surface area contributed by atoms with E-state index in [0.717, 1.165) is 68.3 Å². The van der Waals surface area contributed by atoms with Crippen molar-refractivity contribution in [2.75, 3.05) is 51.4 Å². The number of pyridine rings is 2. The molecule has 0 aromatic carbocycles. The van der Waals surface area contributed by atoms with Crippen molar-refractivity contribution in [3.05, 3.63) is 41.2 Å². The van der Waals surface area contributed by atoms with E-state index in [1.165, 1.54) is 25.7 Å². The van der Waals surface area contributed by atoms with Gasteiger partial charge in [0.25, 0.3) is 0 Å². The molecule has 1 saturated heterocycles. The minimum absolute atomic E-state index is 0.131. The van der Waals surface area contributed by atoms with E-state index in [-0.39, 0.29) is 11.2 Å². The number of anilines is 1. The number of nitrogens with zero attached hydrogens (tertiary/aromatic N) is 4. The number of nitriles is 1. The molecule has 1 N–H and O–H groups in total. The highest BCUT2D eigenvalue weighted by molar-refractivity contribution is 6.33. The van der Waals surface area contributed by atoms with Crippen LogP contribution in [0.25, 0.3) is 11.3 Å². The first-order valence-electron chi connectivity index (χ1n) is 16.7. The minimum Gasteiger partial charge on any atom is -0.381 e. The molecule has 4 rings (SSSR count). The van der Waals surface area contributed by atoms with Crippen LogP contribution in [-0.4, -0.2) is 78.2 Å². The molecule has 0 amide bonds. The van der Waals surface area contributed by atoms with Crippen LogP contribution in [0, 0.1) is 22.7 Å². The van der Waals surface area contributed by atoms with E-state index in [0.29, 0.717) is 36.7 Å². The molecule has 9 heteroatoms. The number of hydrogen-bond donors (Lipinski definition) is 1. The molecule has 248 valence electrons. The van der Waals surface area contributed by atoms with Gasteiger partial charge in [-0.05, 0) is 111 Å². The molecular weight excluding hydrogens is 586 g/mol. The Kier molecular flexibility index (Phi) is 12.7. The first-order valence-corrected chi connectivity index (χ1v) is 17.1. The molecule has 0 atom stereocenters. The number of aromatic nitrogens is 2. The molecule has 2 fully saturated rings. The smallest absolute Gasteiger partial charge is 0.126 e. The molecule has 2 aromatic heterocycles. The van der Waals surface area contributed by atoms with Crippen molar-refractivity contribution in [2.45, 2.75) is 104 Å². The Morgan fingerprint density at radius 3 is 2.27 bits per heavy atom. The largest absolute Gasteiger partial charge is 0.381 e. The minimum atomic E-state index is -0.423. The first-order chi connectivity index (χ1) is 21.3. The molecule has 2 aromatic rings. The molecule has 1 aliphatic heterocycles. The number of rotatable bonds is 13. The lowest BCUT2D eigenvalue weighted by molar-refractivity contribution is -0.0407. The predicted octanol–water partition coefficient (Wildman–Crippen LogP) is 7.56. The van der Waals surface area contributed by atoms with Gasteiger partial charge in [-0.2, -0.15) is 5.26 Å². The van der Waals surface area contributed by atoms with Crippen molar-refractivity contribution >= 4 is 17.4 Å². The highest BCUT2D eigenvalue weighted by atomic mass is 35.5. The van der Waals surface area contributed by atoms with Crippen LogP contribution >= 0.6 is 11.6 Å². The summed E-state index contributed by atoms with van der Waals surface area (Å²) in [6.07, 6.45) is 8.83. The van der Waals surface area contributed by atoms with Crippen molar-refractivity contribution in [3.63, 3.8) is 0 Å². The van der Waals surface area contributed by atoms with Gasteiger partial charge < -0.3 is 19.5 Å². The van der Waals surface area contributed by atoms with Gasteiger partial charge in [0.1, 0.15) is 5.82 Å². The number of ether oxygens (including phenoxy) is 3. The quantitative estimate of drug-likeness (QED) is 0.240. The standard InChI is InChI=1S/C36H54ClN5O3/c1-34(2,3)44-20-16-42(17-21-45-35(4,5)6)29-12-10-27(11-13-29)22-28-23-30(31(37)24-39-28)32-8-7-9-33(41-32)40-26-36(25-38)14-18-43-19-15-36/h7-9,23-24,27,29H,10-22,26H2,1-6H3,(H,40,41). The zero-order chi connectivity index (χ0) is 32.5. The number of hydrogen-bond acceptors (Lipinski definition) is 8. The van der Waals surface area contributed by atoms with Gasteiger partial charge in [0.15, 0.2) is 0 Å². The van der Waals surface area contributed by atoms with Crippen molar-refractivity contribution in [3.8, 4) is 17.3 Å². The second kappa shape index (κ2) is 16.0. The SMILES string of the molecule is CC(C)(C)OCCN(CCOC(C)(C)C)C1CCC(Cc2cc(-c3cccc(NCC4(C#N)CCOCC4)n3)c(Cl)cn2)CC1. The maximum Gasteiger partial charge on any atom is 0.126 e. The first kappa shape index (κ1) is 35.6. The van der Waals surface area contributed by atoms with Gasteiger partial charge in [-0.25, -0.2) is 4.98 Å². The fourth-order valence-corrected chi connectivity index (χ4v) is 6.45. The van der Waals surface area contributed by atoms with Crippen molar-refractivity contribution < 1.29 is 14.2 Å².